The van der Waals surface area contributed by atoms with E-state index in [1.807, 2.05) is 31.2 Å². The molecule has 0 saturated carbocycles. The molecule has 0 amide bonds. The normalized spacial score (nSPS) is 10.6. The summed E-state index contributed by atoms with van der Waals surface area (Å²) in [5.41, 5.74) is 1.11. The summed E-state index contributed by atoms with van der Waals surface area (Å²) < 4.78 is 5.10. The van der Waals surface area contributed by atoms with Crippen LogP contribution in [0.1, 0.15) is 18.4 Å². The van der Waals surface area contributed by atoms with Crippen molar-refractivity contribution in [3.8, 4) is 0 Å². The van der Waals surface area contributed by atoms with E-state index in [0.29, 0.717) is 0 Å². The van der Waals surface area contributed by atoms with Crippen LogP contribution < -0.4 is 5.19 Å². The van der Waals surface area contributed by atoms with Crippen LogP contribution in [0.2, 0.25) is 0 Å². The summed E-state index contributed by atoms with van der Waals surface area (Å²) in [4.78, 5) is 21.4. The minimum Gasteiger partial charge on any atom is -0.520 e. The van der Waals surface area contributed by atoms with Gasteiger partial charge < -0.3 is 9.53 Å². The van der Waals surface area contributed by atoms with Crippen LogP contribution in [0.4, 0.5) is 0 Å². The molecule has 0 aliphatic heterocycles. The molecule has 1 aromatic rings. The molecule has 0 aliphatic rings. The lowest BCUT2D eigenvalue weighted by Gasteiger charge is -2.06. The standard InChI is InChI=1S/C11H14O4Si/c1-8-4-2-3-5-9(8)16-15-11(14)7-6-10(12)13/h2-5H,6-7,16H2,1H3,(H,12,13). The molecule has 1 aromatic carbocycles. The summed E-state index contributed by atoms with van der Waals surface area (Å²) in [5.74, 6) is -1.40. The van der Waals surface area contributed by atoms with Crippen molar-refractivity contribution < 1.29 is 19.1 Å². The smallest absolute Gasteiger partial charge is 0.303 e. The summed E-state index contributed by atoms with van der Waals surface area (Å²) in [5, 5.41) is 9.47. The van der Waals surface area contributed by atoms with E-state index in [-0.39, 0.29) is 12.8 Å². The molecule has 0 saturated heterocycles. The lowest BCUT2D eigenvalue weighted by atomic mass is 10.2. The molecule has 0 fully saturated rings. The number of hydrogen-bond acceptors (Lipinski definition) is 3. The average Bonchev–Trinajstić information content (AvgIpc) is 2.25. The van der Waals surface area contributed by atoms with Crippen molar-refractivity contribution in [2.45, 2.75) is 19.8 Å². The van der Waals surface area contributed by atoms with Crippen molar-refractivity contribution >= 4 is 26.9 Å². The highest BCUT2D eigenvalue weighted by Crippen LogP contribution is 1.95. The Bertz CT molecular complexity index is 389. The van der Waals surface area contributed by atoms with Crippen LogP contribution >= 0.6 is 0 Å². The zero-order valence-electron chi connectivity index (χ0n) is 9.10. The van der Waals surface area contributed by atoms with Gasteiger partial charge in [0.15, 0.2) is 0 Å². The Morgan fingerprint density at radius 1 is 1.31 bits per heavy atom. The van der Waals surface area contributed by atoms with E-state index in [1.54, 1.807) is 0 Å². The third kappa shape index (κ3) is 4.27. The Morgan fingerprint density at radius 3 is 2.62 bits per heavy atom. The Hall–Kier alpha value is -1.62. The van der Waals surface area contributed by atoms with Gasteiger partial charge in [-0.15, -0.1) is 0 Å². The molecule has 0 radical (unpaired) electrons. The van der Waals surface area contributed by atoms with Gasteiger partial charge in [-0.05, 0) is 17.7 Å². The van der Waals surface area contributed by atoms with Gasteiger partial charge in [-0.1, -0.05) is 24.3 Å². The minimum atomic E-state index is -1.08. The largest absolute Gasteiger partial charge is 0.520 e. The molecule has 1 N–H and O–H groups in total. The van der Waals surface area contributed by atoms with E-state index in [0.717, 1.165) is 10.8 Å². The van der Waals surface area contributed by atoms with Crippen LogP contribution in [-0.2, 0) is 14.0 Å². The second-order valence-corrected chi connectivity index (χ2v) is 4.82. The number of benzene rings is 1. The SMILES string of the molecule is Cc1ccccc1[SiH2]OC(=O)CCC(=O)O. The molecule has 5 heteroatoms. The van der Waals surface area contributed by atoms with Gasteiger partial charge in [-0.2, -0.15) is 0 Å². The predicted octanol–water partition coefficient (Wildman–Crippen LogP) is 0.112. The maximum Gasteiger partial charge on any atom is 0.303 e. The molecule has 0 bridgehead atoms. The number of carboxylic acids is 1. The van der Waals surface area contributed by atoms with Crippen molar-refractivity contribution in [2.75, 3.05) is 0 Å². The maximum absolute atomic E-state index is 11.2. The number of rotatable bonds is 5. The lowest BCUT2D eigenvalue weighted by molar-refractivity contribution is -0.142. The fourth-order valence-corrected chi connectivity index (χ4v) is 2.25. The van der Waals surface area contributed by atoms with Crippen LogP contribution in [0.15, 0.2) is 24.3 Å². The van der Waals surface area contributed by atoms with E-state index < -0.39 is 21.7 Å². The van der Waals surface area contributed by atoms with Crippen LogP contribution in [0.25, 0.3) is 0 Å². The summed E-state index contributed by atoms with van der Waals surface area (Å²) in [6.07, 6.45) is -0.213. The molecule has 86 valence electrons. The van der Waals surface area contributed by atoms with Gasteiger partial charge in [-0.3, -0.25) is 9.59 Å². The first-order chi connectivity index (χ1) is 7.59. The number of carbonyl (C=O) groups excluding carboxylic acids is 1. The van der Waals surface area contributed by atoms with Gasteiger partial charge in [0.25, 0.3) is 15.7 Å². The molecule has 0 spiro atoms. The number of aryl methyl sites for hydroxylation is 1. The summed E-state index contributed by atoms with van der Waals surface area (Å²) in [7, 11) is -1.08. The molecule has 0 heterocycles. The Kier molecular flexibility index (Phi) is 4.72. The Balaban J connectivity index is 2.37. The van der Waals surface area contributed by atoms with Crippen molar-refractivity contribution in [1.29, 1.82) is 0 Å². The molecular weight excluding hydrogens is 224 g/mol. The van der Waals surface area contributed by atoms with Gasteiger partial charge in [0.05, 0.1) is 12.8 Å². The van der Waals surface area contributed by atoms with Crippen LogP contribution in [0, 0.1) is 6.92 Å². The number of hydrogen-bond donors (Lipinski definition) is 1. The third-order valence-electron chi connectivity index (χ3n) is 2.19. The monoisotopic (exact) mass is 238 g/mol. The van der Waals surface area contributed by atoms with Crippen molar-refractivity contribution in [3.63, 3.8) is 0 Å². The van der Waals surface area contributed by atoms with Gasteiger partial charge in [0, 0.05) is 0 Å². The second kappa shape index (κ2) is 6.07. The van der Waals surface area contributed by atoms with Crippen LogP contribution in [0.3, 0.4) is 0 Å². The maximum atomic E-state index is 11.2. The van der Waals surface area contributed by atoms with Crippen molar-refractivity contribution in [1.82, 2.24) is 0 Å². The molecular formula is C11H14O4Si. The quantitative estimate of drug-likeness (QED) is 0.740. The highest BCUT2D eigenvalue weighted by atomic mass is 28.2. The number of aliphatic carboxylic acids is 1. The van der Waals surface area contributed by atoms with Gasteiger partial charge in [0.2, 0.25) is 0 Å². The average molecular weight is 238 g/mol. The first-order valence-electron chi connectivity index (χ1n) is 5.01. The predicted molar refractivity (Wildman–Crippen MR) is 62.3 cm³/mol. The molecule has 0 unspecified atom stereocenters. The Labute approximate surface area is 96.2 Å². The first kappa shape index (κ1) is 12.4. The van der Waals surface area contributed by atoms with Crippen LogP contribution in [-0.4, -0.2) is 26.8 Å². The molecule has 1 rings (SSSR count). The molecule has 0 aliphatic carbocycles. The lowest BCUT2D eigenvalue weighted by Crippen LogP contribution is -2.23. The van der Waals surface area contributed by atoms with Gasteiger partial charge in [-0.25, -0.2) is 0 Å². The second-order valence-electron chi connectivity index (χ2n) is 3.48. The molecule has 4 nitrogen and oxygen atoms in total. The van der Waals surface area contributed by atoms with E-state index in [2.05, 4.69) is 0 Å². The van der Waals surface area contributed by atoms with E-state index >= 15 is 0 Å². The van der Waals surface area contributed by atoms with Crippen LogP contribution in [0.5, 0.6) is 0 Å². The van der Waals surface area contributed by atoms with E-state index in [4.69, 9.17) is 9.53 Å². The summed E-state index contributed by atoms with van der Waals surface area (Å²) in [6.45, 7) is 1.97. The minimum absolute atomic E-state index is 0.0474. The number of carbonyl (C=O) groups is 2. The van der Waals surface area contributed by atoms with Gasteiger partial charge in [0.1, 0.15) is 0 Å². The number of carboxylic acid groups (broad SMARTS) is 1. The topological polar surface area (TPSA) is 63.6 Å². The molecule has 16 heavy (non-hydrogen) atoms. The highest BCUT2D eigenvalue weighted by molar-refractivity contribution is 6.49. The Morgan fingerprint density at radius 2 is 2.00 bits per heavy atom. The molecule has 0 aromatic heterocycles. The summed E-state index contributed by atoms with van der Waals surface area (Å²) in [6, 6.07) is 7.74. The summed E-state index contributed by atoms with van der Waals surface area (Å²) >= 11 is 0. The van der Waals surface area contributed by atoms with Gasteiger partial charge >= 0.3 is 5.97 Å². The molecule has 0 atom stereocenters. The van der Waals surface area contributed by atoms with E-state index in [1.165, 1.54) is 0 Å². The van der Waals surface area contributed by atoms with E-state index in [9.17, 15) is 9.59 Å². The third-order valence-corrected chi connectivity index (χ3v) is 3.76. The first-order valence-corrected chi connectivity index (χ1v) is 6.30. The van der Waals surface area contributed by atoms with Crippen molar-refractivity contribution in [2.24, 2.45) is 0 Å². The zero-order chi connectivity index (χ0) is 12.0. The van der Waals surface area contributed by atoms with Crippen molar-refractivity contribution in [3.05, 3.63) is 29.8 Å². The fourth-order valence-electron chi connectivity index (χ4n) is 1.21. The highest BCUT2D eigenvalue weighted by Gasteiger charge is 2.07. The zero-order valence-corrected chi connectivity index (χ0v) is 10.5. The fraction of sp³-hybridized carbons (Fsp3) is 0.273.